The summed E-state index contributed by atoms with van der Waals surface area (Å²) in [5.41, 5.74) is 12.4. The first-order chi connectivity index (χ1) is 6.54. The zero-order valence-corrected chi connectivity index (χ0v) is 8.62. The van der Waals surface area contributed by atoms with Gasteiger partial charge in [-0.2, -0.15) is 0 Å². The highest BCUT2D eigenvalue weighted by Gasteiger charge is 2.48. The average Bonchev–Trinajstić information content (AvgIpc) is 2.75. The van der Waals surface area contributed by atoms with E-state index in [2.05, 4.69) is 23.8 Å². The fourth-order valence-electron chi connectivity index (χ4n) is 1.67. The summed E-state index contributed by atoms with van der Waals surface area (Å²) < 4.78 is 0. The van der Waals surface area contributed by atoms with Crippen molar-refractivity contribution in [2.75, 3.05) is 5.73 Å². The van der Waals surface area contributed by atoms with E-state index in [9.17, 15) is 0 Å². The summed E-state index contributed by atoms with van der Waals surface area (Å²) >= 11 is 0. The third kappa shape index (κ3) is 1.46. The van der Waals surface area contributed by atoms with Crippen molar-refractivity contribution in [3.63, 3.8) is 0 Å². The molecule has 1 aromatic rings. The maximum absolute atomic E-state index is 5.75. The SMILES string of the molecule is CC1(C)CC1c1ncc(CN)c(N)n1. The van der Waals surface area contributed by atoms with Crippen LogP contribution in [-0.4, -0.2) is 9.97 Å². The Morgan fingerprint density at radius 1 is 1.57 bits per heavy atom. The largest absolute Gasteiger partial charge is 0.383 e. The summed E-state index contributed by atoms with van der Waals surface area (Å²) in [7, 11) is 0. The molecule has 0 aromatic carbocycles. The van der Waals surface area contributed by atoms with E-state index in [1.807, 2.05) is 0 Å². The van der Waals surface area contributed by atoms with Gasteiger partial charge in [-0.1, -0.05) is 13.8 Å². The van der Waals surface area contributed by atoms with Crippen LogP contribution in [0.5, 0.6) is 0 Å². The van der Waals surface area contributed by atoms with E-state index in [1.54, 1.807) is 6.20 Å². The highest BCUT2D eigenvalue weighted by molar-refractivity contribution is 5.38. The van der Waals surface area contributed by atoms with E-state index in [-0.39, 0.29) is 0 Å². The summed E-state index contributed by atoms with van der Waals surface area (Å²) in [5, 5.41) is 0. The Labute approximate surface area is 83.7 Å². The Hall–Kier alpha value is -1.16. The molecule has 0 bridgehead atoms. The van der Waals surface area contributed by atoms with Gasteiger partial charge in [0.25, 0.3) is 0 Å². The van der Waals surface area contributed by atoms with Gasteiger partial charge in [0, 0.05) is 24.2 Å². The van der Waals surface area contributed by atoms with Crippen LogP contribution in [0.25, 0.3) is 0 Å². The highest BCUT2D eigenvalue weighted by Crippen LogP contribution is 2.57. The monoisotopic (exact) mass is 192 g/mol. The van der Waals surface area contributed by atoms with Crippen LogP contribution >= 0.6 is 0 Å². The fraction of sp³-hybridized carbons (Fsp3) is 0.600. The summed E-state index contributed by atoms with van der Waals surface area (Å²) in [6, 6.07) is 0. The molecule has 1 aliphatic rings. The lowest BCUT2D eigenvalue weighted by Gasteiger charge is -2.05. The molecule has 4 nitrogen and oxygen atoms in total. The van der Waals surface area contributed by atoms with Gasteiger partial charge in [0.2, 0.25) is 0 Å². The first kappa shape index (κ1) is 9.40. The minimum atomic E-state index is 0.344. The van der Waals surface area contributed by atoms with Crippen LogP contribution in [0, 0.1) is 5.41 Å². The third-order valence-corrected chi connectivity index (χ3v) is 2.96. The molecule has 1 atom stereocenters. The quantitative estimate of drug-likeness (QED) is 0.733. The molecule has 0 aliphatic heterocycles. The minimum Gasteiger partial charge on any atom is -0.383 e. The van der Waals surface area contributed by atoms with Gasteiger partial charge in [-0.3, -0.25) is 0 Å². The number of hydrogen-bond acceptors (Lipinski definition) is 4. The average molecular weight is 192 g/mol. The lowest BCUT2D eigenvalue weighted by Crippen LogP contribution is -2.07. The van der Waals surface area contributed by atoms with Gasteiger partial charge in [0.15, 0.2) is 0 Å². The number of nitrogens with two attached hydrogens (primary N) is 2. The van der Waals surface area contributed by atoms with E-state index in [1.165, 1.54) is 0 Å². The van der Waals surface area contributed by atoms with E-state index < -0.39 is 0 Å². The predicted octanol–water partition coefficient (Wildman–Crippen LogP) is 1.03. The van der Waals surface area contributed by atoms with Crippen LogP contribution in [0.2, 0.25) is 0 Å². The zero-order valence-electron chi connectivity index (χ0n) is 8.62. The number of rotatable bonds is 2. The standard InChI is InChI=1S/C10H16N4/c1-10(2)3-7(10)9-13-5-6(4-11)8(12)14-9/h5,7H,3-4,11H2,1-2H3,(H2,12,13,14). The number of nitrogens with zero attached hydrogens (tertiary/aromatic N) is 2. The van der Waals surface area contributed by atoms with E-state index in [0.717, 1.165) is 17.8 Å². The van der Waals surface area contributed by atoms with Gasteiger partial charge in [0.1, 0.15) is 11.6 Å². The first-order valence-corrected chi connectivity index (χ1v) is 4.86. The Balaban J connectivity index is 2.26. The Bertz CT molecular complexity index is 359. The molecule has 0 spiro atoms. The van der Waals surface area contributed by atoms with Gasteiger partial charge < -0.3 is 11.5 Å². The predicted molar refractivity (Wildman–Crippen MR) is 55.5 cm³/mol. The molecule has 14 heavy (non-hydrogen) atoms. The number of anilines is 1. The van der Waals surface area contributed by atoms with E-state index in [0.29, 0.717) is 23.7 Å². The first-order valence-electron chi connectivity index (χ1n) is 4.86. The van der Waals surface area contributed by atoms with Gasteiger partial charge in [-0.05, 0) is 11.8 Å². The van der Waals surface area contributed by atoms with Crippen molar-refractivity contribution < 1.29 is 0 Å². The number of aromatic nitrogens is 2. The van der Waals surface area contributed by atoms with Crippen LogP contribution in [0.3, 0.4) is 0 Å². The van der Waals surface area contributed by atoms with Gasteiger partial charge in [0.05, 0.1) is 0 Å². The van der Waals surface area contributed by atoms with Crippen molar-refractivity contribution in [3.8, 4) is 0 Å². The molecule has 0 amide bonds. The summed E-state index contributed by atoms with van der Waals surface area (Å²) in [6.07, 6.45) is 2.89. The number of hydrogen-bond donors (Lipinski definition) is 2. The maximum Gasteiger partial charge on any atom is 0.134 e. The van der Waals surface area contributed by atoms with Crippen LogP contribution in [-0.2, 0) is 6.54 Å². The Morgan fingerprint density at radius 3 is 2.64 bits per heavy atom. The fourth-order valence-corrected chi connectivity index (χ4v) is 1.67. The molecule has 4 N–H and O–H groups in total. The normalized spacial score (nSPS) is 23.5. The summed E-state index contributed by atoms with van der Waals surface area (Å²) in [5.74, 6) is 1.86. The molecule has 0 saturated heterocycles. The molecule has 1 unspecified atom stereocenters. The topological polar surface area (TPSA) is 77.8 Å². The summed E-state index contributed by atoms with van der Waals surface area (Å²) in [4.78, 5) is 8.59. The zero-order chi connectivity index (χ0) is 10.3. The smallest absolute Gasteiger partial charge is 0.134 e. The second-order valence-electron chi connectivity index (χ2n) is 4.59. The lowest BCUT2D eigenvalue weighted by atomic mass is 10.1. The molecule has 1 aromatic heterocycles. The van der Waals surface area contributed by atoms with E-state index in [4.69, 9.17) is 11.5 Å². The maximum atomic E-state index is 5.75. The minimum absolute atomic E-state index is 0.344. The third-order valence-electron chi connectivity index (χ3n) is 2.96. The molecule has 1 heterocycles. The second kappa shape index (κ2) is 2.92. The second-order valence-corrected chi connectivity index (χ2v) is 4.59. The highest BCUT2D eigenvalue weighted by atomic mass is 15.0. The van der Waals surface area contributed by atoms with Crippen molar-refractivity contribution in [3.05, 3.63) is 17.6 Å². The van der Waals surface area contributed by atoms with Crippen LogP contribution in [0.15, 0.2) is 6.20 Å². The Kier molecular flexibility index (Phi) is 1.96. The molecular weight excluding hydrogens is 176 g/mol. The van der Waals surface area contributed by atoms with Gasteiger partial charge in [-0.25, -0.2) is 9.97 Å². The van der Waals surface area contributed by atoms with Crippen molar-refractivity contribution in [1.82, 2.24) is 9.97 Å². The summed E-state index contributed by atoms with van der Waals surface area (Å²) in [6.45, 7) is 4.84. The molecule has 0 radical (unpaired) electrons. The molecule has 76 valence electrons. The molecule has 1 fully saturated rings. The molecular formula is C10H16N4. The van der Waals surface area contributed by atoms with Gasteiger partial charge >= 0.3 is 0 Å². The van der Waals surface area contributed by atoms with Crippen molar-refractivity contribution in [2.24, 2.45) is 11.1 Å². The number of nitrogen functional groups attached to an aromatic ring is 1. The Morgan fingerprint density at radius 2 is 2.21 bits per heavy atom. The molecule has 1 aliphatic carbocycles. The van der Waals surface area contributed by atoms with Crippen LogP contribution < -0.4 is 11.5 Å². The lowest BCUT2D eigenvalue weighted by molar-refractivity contribution is 0.608. The molecule has 4 heteroatoms. The van der Waals surface area contributed by atoms with Gasteiger partial charge in [-0.15, -0.1) is 0 Å². The van der Waals surface area contributed by atoms with Crippen molar-refractivity contribution in [2.45, 2.75) is 32.7 Å². The van der Waals surface area contributed by atoms with Crippen molar-refractivity contribution >= 4 is 5.82 Å². The van der Waals surface area contributed by atoms with Crippen molar-refractivity contribution in [1.29, 1.82) is 0 Å². The van der Waals surface area contributed by atoms with Crippen LogP contribution in [0.1, 0.15) is 37.6 Å². The van der Waals surface area contributed by atoms with E-state index >= 15 is 0 Å². The van der Waals surface area contributed by atoms with Crippen LogP contribution in [0.4, 0.5) is 5.82 Å². The molecule has 1 saturated carbocycles. The molecule has 2 rings (SSSR count).